The van der Waals surface area contributed by atoms with Crippen molar-refractivity contribution in [1.82, 2.24) is 15.1 Å². The molecule has 1 saturated carbocycles. The number of carbonyl (C=O) groups excluding carboxylic acids is 3. The molecule has 1 aliphatic carbocycles. The summed E-state index contributed by atoms with van der Waals surface area (Å²) in [5.41, 5.74) is 10.7. The lowest BCUT2D eigenvalue weighted by Crippen LogP contribution is -2.61. The third kappa shape index (κ3) is 8.69. The van der Waals surface area contributed by atoms with Crippen LogP contribution in [0.1, 0.15) is 38.5 Å². The Morgan fingerprint density at radius 2 is 1.68 bits per heavy atom. The number of hydrogen-bond donors (Lipinski definition) is 5. The minimum absolute atomic E-state index is 0. The summed E-state index contributed by atoms with van der Waals surface area (Å²) in [5, 5.41) is 20.6. The van der Waals surface area contributed by atoms with Crippen LogP contribution in [-0.2, 0) is 24.0 Å². The number of guanidine groups is 1. The molecule has 7 N–H and O–H groups in total. The normalized spacial score (nSPS) is 22.4. The maximum Gasteiger partial charge on any atom is 0.323 e. The molecule has 0 spiro atoms. The predicted octanol–water partition coefficient (Wildman–Crippen LogP) is -1.41. The number of piperazine rings is 1. The highest BCUT2D eigenvalue weighted by molar-refractivity contribution is 5.93. The van der Waals surface area contributed by atoms with Gasteiger partial charge in [-0.1, -0.05) is 0 Å². The molecule has 2 rings (SSSR count). The molecule has 0 aromatic rings. The Bertz CT molecular complexity index is 796. The smallest absolute Gasteiger partial charge is 0.323 e. The van der Waals surface area contributed by atoms with Crippen LogP contribution >= 0.6 is 12.4 Å². The van der Waals surface area contributed by atoms with E-state index in [0.717, 1.165) is 17.7 Å². The average Bonchev–Trinajstić information content (AvgIpc) is 2.76. The highest BCUT2D eigenvalue weighted by Gasteiger charge is 2.38. The fourth-order valence-corrected chi connectivity index (χ4v) is 4.25. The molecule has 1 aliphatic heterocycles. The largest absolute Gasteiger partial charge is 0.481 e. The van der Waals surface area contributed by atoms with Gasteiger partial charge in [0.15, 0.2) is 5.96 Å². The second-order valence-corrected chi connectivity index (χ2v) is 8.39. The van der Waals surface area contributed by atoms with Crippen molar-refractivity contribution in [3.8, 4) is 0 Å². The molecule has 0 radical (unpaired) electrons. The Hall–Kier alpha value is -3.09. The molecule has 3 amide bonds. The Labute approximate surface area is 203 Å². The molecule has 0 aromatic carbocycles. The van der Waals surface area contributed by atoms with Crippen LogP contribution in [0.4, 0.5) is 0 Å². The Morgan fingerprint density at radius 1 is 1.03 bits per heavy atom. The number of nitrogens with two attached hydrogens (primary N) is 2. The molecule has 34 heavy (non-hydrogen) atoms. The predicted molar refractivity (Wildman–Crippen MR) is 123 cm³/mol. The quantitative estimate of drug-likeness (QED) is 0.174. The fourth-order valence-electron chi connectivity index (χ4n) is 4.25. The summed E-state index contributed by atoms with van der Waals surface area (Å²) in [4.78, 5) is 66.2. The van der Waals surface area contributed by atoms with Gasteiger partial charge in [-0.3, -0.25) is 29.0 Å². The van der Waals surface area contributed by atoms with Crippen molar-refractivity contribution in [3.63, 3.8) is 0 Å². The number of hydrogen-bond acceptors (Lipinski definition) is 6. The second kappa shape index (κ2) is 13.6. The summed E-state index contributed by atoms with van der Waals surface area (Å²) >= 11 is 0. The minimum Gasteiger partial charge on any atom is -0.481 e. The van der Waals surface area contributed by atoms with Gasteiger partial charge in [-0.25, -0.2) is 0 Å². The van der Waals surface area contributed by atoms with E-state index in [-0.39, 0.29) is 62.7 Å². The number of aliphatic imine (C=N–C) groups is 1. The minimum atomic E-state index is -1.19. The highest BCUT2D eigenvalue weighted by atomic mass is 35.5. The molecular formula is C20H33ClN6O7. The Balaban J connectivity index is 0.00000578. The Kier molecular flexibility index (Phi) is 11.6. The number of carboxylic acid groups (broad SMARTS) is 2. The molecule has 192 valence electrons. The van der Waals surface area contributed by atoms with E-state index in [4.69, 9.17) is 21.7 Å². The zero-order chi connectivity index (χ0) is 24.5. The van der Waals surface area contributed by atoms with Crippen LogP contribution < -0.4 is 16.8 Å². The molecule has 1 saturated heterocycles. The molecule has 0 aromatic heterocycles. The molecule has 1 atom stereocenters. The first-order valence-electron chi connectivity index (χ1n) is 10.9. The van der Waals surface area contributed by atoms with Gasteiger partial charge in [-0.15, -0.1) is 12.4 Å². The van der Waals surface area contributed by atoms with E-state index < -0.39 is 36.3 Å². The molecule has 2 fully saturated rings. The highest BCUT2D eigenvalue weighted by Crippen LogP contribution is 2.29. The van der Waals surface area contributed by atoms with Crippen LogP contribution in [0.5, 0.6) is 0 Å². The summed E-state index contributed by atoms with van der Waals surface area (Å²) in [6.45, 7) is -0.230. The van der Waals surface area contributed by atoms with Crippen LogP contribution in [0.2, 0.25) is 0 Å². The lowest BCUT2D eigenvalue weighted by molar-refractivity contribution is -0.156. The first kappa shape index (κ1) is 28.9. The van der Waals surface area contributed by atoms with E-state index in [2.05, 4.69) is 10.3 Å². The van der Waals surface area contributed by atoms with Crippen LogP contribution in [0.15, 0.2) is 4.99 Å². The van der Waals surface area contributed by atoms with E-state index in [9.17, 15) is 24.0 Å². The van der Waals surface area contributed by atoms with Crippen molar-refractivity contribution in [2.75, 3.05) is 32.7 Å². The summed E-state index contributed by atoms with van der Waals surface area (Å²) in [7, 11) is 0. The number of nitrogens with one attached hydrogen (secondary N) is 1. The van der Waals surface area contributed by atoms with Crippen molar-refractivity contribution >= 4 is 48.0 Å². The van der Waals surface area contributed by atoms with Gasteiger partial charge in [-0.05, 0) is 38.0 Å². The summed E-state index contributed by atoms with van der Waals surface area (Å²) < 4.78 is 0. The van der Waals surface area contributed by atoms with Gasteiger partial charge in [0, 0.05) is 32.0 Å². The molecule has 0 bridgehead atoms. The van der Waals surface area contributed by atoms with E-state index in [0.29, 0.717) is 25.3 Å². The zero-order valence-corrected chi connectivity index (χ0v) is 19.7. The number of nitrogens with zero attached hydrogens (tertiary/aromatic N) is 3. The Morgan fingerprint density at radius 3 is 2.24 bits per heavy atom. The number of carbonyl (C=O) groups is 5. The lowest BCUT2D eigenvalue weighted by atomic mass is 9.81. The third-order valence-corrected chi connectivity index (χ3v) is 6.03. The van der Waals surface area contributed by atoms with Crippen LogP contribution in [0.25, 0.3) is 0 Å². The van der Waals surface area contributed by atoms with Gasteiger partial charge >= 0.3 is 11.9 Å². The topological polar surface area (TPSA) is 209 Å². The number of rotatable bonds is 10. The number of aliphatic carboxylic acids is 2. The maximum atomic E-state index is 12.8. The van der Waals surface area contributed by atoms with Crippen LogP contribution in [0, 0.1) is 11.8 Å². The van der Waals surface area contributed by atoms with Crippen molar-refractivity contribution in [2.45, 2.75) is 44.6 Å². The van der Waals surface area contributed by atoms with Crippen LogP contribution in [-0.4, -0.2) is 94.4 Å². The lowest BCUT2D eigenvalue weighted by Gasteiger charge is -2.40. The van der Waals surface area contributed by atoms with E-state index >= 15 is 0 Å². The van der Waals surface area contributed by atoms with Gasteiger partial charge in [0.1, 0.15) is 12.6 Å². The SMILES string of the molecule is Cl.NC(N)=NCC1CCC(C(=O)NCC(=O)N2CCN(CC(=O)O)C(=O)[C@@H]2CCC(=O)O)CC1. The van der Waals surface area contributed by atoms with Gasteiger partial charge < -0.3 is 36.8 Å². The van der Waals surface area contributed by atoms with Gasteiger partial charge in [0.05, 0.1) is 6.54 Å². The molecular weight excluding hydrogens is 472 g/mol. The summed E-state index contributed by atoms with van der Waals surface area (Å²) in [6, 6.07) is -1.08. The van der Waals surface area contributed by atoms with E-state index in [1.165, 1.54) is 4.90 Å². The standard InChI is InChI=1S/C20H32N6O7.ClH/c21-20(22)24-9-12-1-3-13(4-2-12)18(32)23-10-15(27)26-8-7-25(11-17(30)31)19(33)14(26)5-6-16(28)29;/h12-14H,1-11H2,(H,23,32)(H,28,29)(H,30,31)(H4,21,22,24);1H/t12?,13?,14-;/m0./s1. The molecule has 1 heterocycles. The molecule has 14 heteroatoms. The van der Waals surface area contributed by atoms with E-state index in [1.807, 2.05) is 0 Å². The average molecular weight is 505 g/mol. The van der Waals surface area contributed by atoms with Crippen molar-refractivity contribution in [3.05, 3.63) is 0 Å². The van der Waals surface area contributed by atoms with Gasteiger partial charge in [0.2, 0.25) is 17.7 Å². The fraction of sp³-hybridized carbons (Fsp3) is 0.700. The van der Waals surface area contributed by atoms with Crippen LogP contribution in [0.3, 0.4) is 0 Å². The zero-order valence-electron chi connectivity index (χ0n) is 18.9. The molecule has 2 aliphatic rings. The second-order valence-electron chi connectivity index (χ2n) is 8.39. The number of halogens is 1. The van der Waals surface area contributed by atoms with Crippen molar-refractivity contribution in [2.24, 2.45) is 28.3 Å². The first-order valence-corrected chi connectivity index (χ1v) is 10.9. The van der Waals surface area contributed by atoms with Gasteiger partial charge in [0.25, 0.3) is 0 Å². The summed E-state index contributed by atoms with van der Waals surface area (Å²) in [6.07, 6.45) is 2.40. The van der Waals surface area contributed by atoms with Gasteiger partial charge in [-0.2, -0.15) is 0 Å². The maximum absolute atomic E-state index is 12.8. The first-order chi connectivity index (χ1) is 15.6. The monoisotopic (exact) mass is 504 g/mol. The molecule has 0 unspecified atom stereocenters. The number of carboxylic acids is 2. The summed E-state index contributed by atoms with van der Waals surface area (Å²) in [5.74, 6) is -3.58. The van der Waals surface area contributed by atoms with E-state index in [1.54, 1.807) is 0 Å². The molecule has 13 nitrogen and oxygen atoms in total. The third-order valence-electron chi connectivity index (χ3n) is 6.03. The van der Waals surface area contributed by atoms with Crippen molar-refractivity contribution < 1.29 is 34.2 Å². The van der Waals surface area contributed by atoms with Crippen molar-refractivity contribution in [1.29, 1.82) is 0 Å². The number of amides is 3.